The van der Waals surface area contributed by atoms with Gasteiger partial charge in [0.2, 0.25) is 0 Å². The number of hydrogen-bond donors (Lipinski definition) is 0. The molecule has 0 fully saturated rings. The molecule has 0 bridgehead atoms. The third kappa shape index (κ3) is 2.32. The summed E-state index contributed by atoms with van der Waals surface area (Å²) in [6, 6.07) is 5.62. The minimum atomic E-state index is -4.35. The summed E-state index contributed by atoms with van der Waals surface area (Å²) in [6.07, 6.45) is -0.740. The van der Waals surface area contributed by atoms with Gasteiger partial charge < -0.3 is 4.57 Å². The summed E-state index contributed by atoms with van der Waals surface area (Å²) < 4.78 is 41.1. The molecule has 106 valence electrons. The Morgan fingerprint density at radius 3 is 2.75 bits per heavy atom. The van der Waals surface area contributed by atoms with Gasteiger partial charge in [0.05, 0.1) is 11.3 Å². The fourth-order valence-electron chi connectivity index (χ4n) is 2.70. The maximum Gasteiger partial charge on any atom is 0.417 e. The zero-order chi connectivity index (χ0) is 14.3. The Morgan fingerprint density at radius 2 is 2.00 bits per heavy atom. The van der Waals surface area contributed by atoms with Gasteiger partial charge in [0.15, 0.2) is 0 Å². The van der Waals surface area contributed by atoms with E-state index in [0.29, 0.717) is 11.6 Å². The van der Waals surface area contributed by atoms with Gasteiger partial charge in [0, 0.05) is 24.7 Å². The maximum absolute atomic E-state index is 13.0. The molecular weight excluding hydrogens is 265 g/mol. The molecule has 1 aromatic heterocycles. The molecule has 1 aliphatic rings. The van der Waals surface area contributed by atoms with Gasteiger partial charge in [-0.3, -0.25) is 0 Å². The van der Waals surface area contributed by atoms with Gasteiger partial charge in [0.25, 0.3) is 0 Å². The molecule has 1 aliphatic heterocycles. The van der Waals surface area contributed by atoms with Crippen LogP contribution in [0.25, 0.3) is 11.3 Å². The summed E-state index contributed by atoms with van der Waals surface area (Å²) in [5.74, 6) is 1.43. The third-order valence-electron chi connectivity index (χ3n) is 3.74. The van der Waals surface area contributed by atoms with Crippen molar-refractivity contribution in [3.63, 3.8) is 0 Å². The fraction of sp³-hybridized carbons (Fsp3) is 0.400. The first-order valence-corrected chi connectivity index (χ1v) is 6.68. The van der Waals surface area contributed by atoms with Crippen LogP contribution >= 0.6 is 0 Å². The van der Waals surface area contributed by atoms with Crippen LogP contribution in [0.15, 0.2) is 30.5 Å². The lowest BCUT2D eigenvalue weighted by Crippen LogP contribution is -2.17. The van der Waals surface area contributed by atoms with Gasteiger partial charge in [-0.1, -0.05) is 25.1 Å². The van der Waals surface area contributed by atoms with E-state index in [0.717, 1.165) is 31.3 Å². The molecule has 0 spiro atoms. The Balaban J connectivity index is 2.07. The van der Waals surface area contributed by atoms with Crippen molar-refractivity contribution in [2.45, 2.75) is 32.5 Å². The third-order valence-corrected chi connectivity index (χ3v) is 3.74. The Morgan fingerprint density at radius 1 is 1.25 bits per heavy atom. The second-order valence-electron chi connectivity index (χ2n) is 5.38. The predicted molar refractivity (Wildman–Crippen MR) is 70.2 cm³/mol. The van der Waals surface area contributed by atoms with Crippen molar-refractivity contribution in [2.75, 3.05) is 0 Å². The van der Waals surface area contributed by atoms with Crippen molar-refractivity contribution in [3.8, 4) is 11.3 Å². The van der Waals surface area contributed by atoms with E-state index in [9.17, 15) is 13.2 Å². The topological polar surface area (TPSA) is 17.8 Å². The standard InChI is InChI=1S/C15H15F3N2/c1-10-6-7-14-19-13(9-20(14)8-10)11-4-2-3-5-12(11)15(16,17)18/h2-5,9-10H,6-8H2,1H3. The molecule has 20 heavy (non-hydrogen) atoms. The Hall–Kier alpha value is -1.78. The van der Waals surface area contributed by atoms with Gasteiger partial charge >= 0.3 is 6.18 Å². The predicted octanol–water partition coefficient (Wildman–Crippen LogP) is 4.15. The molecule has 3 rings (SSSR count). The van der Waals surface area contributed by atoms with Crippen molar-refractivity contribution in [1.82, 2.24) is 9.55 Å². The van der Waals surface area contributed by atoms with Gasteiger partial charge in [-0.2, -0.15) is 13.2 Å². The summed E-state index contributed by atoms with van der Waals surface area (Å²) in [5, 5.41) is 0. The summed E-state index contributed by atoms with van der Waals surface area (Å²) >= 11 is 0. The van der Waals surface area contributed by atoms with Crippen LogP contribution in [0.3, 0.4) is 0 Å². The lowest BCUT2D eigenvalue weighted by molar-refractivity contribution is -0.137. The minimum Gasteiger partial charge on any atom is -0.334 e. The number of rotatable bonds is 1. The number of alkyl halides is 3. The van der Waals surface area contributed by atoms with E-state index in [1.807, 2.05) is 4.57 Å². The highest BCUT2D eigenvalue weighted by Gasteiger charge is 2.34. The molecule has 1 unspecified atom stereocenters. The number of nitrogens with zero attached hydrogens (tertiary/aromatic N) is 2. The lowest BCUT2D eigenvalue weighted by atomic mass is 10.0. The molecule has 5 heteroatoms. The zero-order valence-electron chi connectivity index (χ0n) is 11.1. The Kier molecular flexibility index (Phi) is 3.07. The maximum atomic E-state index is 13.0. The number of benzene rings is 1. The van der Waals surface area contributed by atoms with Crippen molar-refractivity contribution >= 4 is 0 Å². The van der Waals surface area contributed by atoms with Crippen molar-refractivity contribution < 1.29 is 13.2 Å². The highest BCUT2D eigenvalue weighted by Crippen LogP contribution is 2.37. The molecule has 0 radical (unpaired) electrons. The van der Waals surface area contributed by atoms with E-state index in [4.69, 9.17) is 0 Å². The Labute approximate surface area is 115 Å². The molecule has 1 atom stereocenters. The van der Waals surface area contributed by atoms with Gasteiger partial charge in [-0.15, -0.1) is 0 Å². The first kappa shape index (κ1) is 13.2. The highest BCUT2D eigenvalue weighted by molar-refractivity contribution is 5.64. The number of aromatic nitrogens is 2. The van der Waals surface area contributed by atoms with Crippen LogP contribution in [0, 0.1) is 5.92 Å². The summed E-state index contributed by atoms with van der Waals surface area (Å²) in [6.45, 7) is 2.97. The number of fused-ring (bicyclic) bond motifs is 1. The number of imidazole rings is 1. The first-order chi connectivity index (χ1) is 9.45. The van der Waals surface area contributed by atoms with E-state index < -0.39 is 11.7 Å². The van der Waals surface area contributed by atoms with Crippen LogP contribution in [0.1, 0.15) is 24.7 Å². The van der Waals surface area contributed by atoms with Crippen molar-refractivity contribution in [1.29, 1.82) is 0 Å². The van der Waals surface area contributed by atoms with Gasteiger partial charge in [-0.05, 0) is 18.4 Å². The molecule has 2 heterocycles. The van der Waals surface area contributed by atoms with Crippen LogP contribution in [-0.2, 0) is 19.1 Å². The average Bonchev–Trinajstić information content (AvgIpc) is 2.80. The van der Waals surface area contributed by atoms with Crippen molar-refractivity contribution in [3.05, 3.63) is 41.9 Å². The normalized spacial score (nSPS) is 18.9. The van der Waals surface area contributed by atoms with E-state index in [1.165, 1.54) is 12.1 Å². The van der Waals surface area contributed by atoms with Crippen LogP contribution in [0.4, 0.5) is 13.2 Å². The number of halogens is 3. The average molecular weight is 280 g/mol. The molecule has 0 N–H and O–H groups in total. The SMILES string of the molecule is CC1CCc2nc(-c3ccccc3C(F)(F)F)cn2C1. The van der Waals surface area contributed by atoms with Crippen LogP contribution in [0.5, 0.6) is 0 Å². The quantitative estimate of drug-likeness (QED) is 0.767. The molecule has 0 aliphatic carbocycles. The monoisotopic (exact) mass is 280 g/mol. The molecule has 2 aromatic rings. The molecule has 0 saturated heterocycles. The second-order valence-corrected chi connectivity index (χ2v) is 5.38. The lowest BCUT2D eigenvalue weighted by Gasteiger charge is -2.19. The summed E-state index contributed by atoms with van der Waals surface area (Å²) in [4.78, 5) is 4.39. The zero-order valence-corrected chi connectivity index (χ0v) is 11.1. The van der Waals surface area contributed by atoms with E-state index in [2.05, 4.69) is 11.9 Å². The van der Waals surface area contributed by atoms with Crippen LogP contribution < -0.4 is 0 Å². The van der Waals surface area contributed by atoms with Crippen LogP contribution in [0.2, 0.25) is 0 Å². The fourth-order valence-corrected chi connectivity index (χ4v) is 2.70. The molecule has 0 saturated carbocycles. The second kappa shape index (κ2) is 4.65. The van der Waals surface area contributed by atoms with Crippen molar-refractivity contribution in [2.24, 2.45) is 5.92 Å². The van der Waals surface area contributed by atoms with E-state index in [-0.39, 0.29) is 5.56 Å². The summed E-state index contributed by atoms with van der Waals surface area (Å²) in [5.41, 5.74) is -0.0416. The van der Waals surface area contributed by atoms with E-state index in [1.54, 1.807) is 12.3 Å². The first-order valence-electron chi connectivity index (χ1n) is 6.68. The molecule has 2 nitrogen and oxygen atoms in total. The molecule has 1 aromatic carbocycles. The van der Waals surface area contributed by atoms with Gasteiger partial charge in [0.1, 0.15) is 5.82 Å². The van der Waals surface area contributed by atoms with E-state index >= 15 is 0 Å². The van der Waals surface area contributed by atoms with Crippen LogP contribution in [-0.4, -0.2) is 9.55 Å². The number of aryl methyl sites for hydroxylation is 1. The smallest absolute Gasteiger partial charge is 0.334 e. The highest BCUT2D eigenvalue weighted by atomic mass is 19.4. The molecule has 0 amide bonds. The minimum absolute atomic E-state index is 0.162. The summed E-state index contributed by atoms with van der Waals surface area (Å²) in [7, 11) is 0. The largest absolute Gasteiger partial charge is 0.417 e. The molecular formula is C15H15F3N2. The Bertz CT molecular complexity index is 628. The number of hydrogen-bond acceptors (Lipinski definition) is 1. The van der Waals surface area contributed by atoms with Gasteiger partial charge in [-0.25, -0.2) is 4.98 Å².